The summed E-state index contributed by atoms with van der Waals surface area (Å²) in [6.45, 7) is 10.7. The molecule has 0 aromatic carbocycles. The number of carboxylic acids is 1. The number of unbranched alkanes of at least 4 members (excludes halogenated alkanes) is 7. The fourth-order valence-corrected chi connectivity index (χ4v) is 2.81. The molecule has 0 aromatic rings. The molecule has 0 atom stereocenters. The van der Waals surface area contributed by atoms with Crippen molar-refractivity contribution in [3.63, 3.8) is 0 Å². The summed E-state index contributed by atoms with van der Waals surface area (Å²) >= 11 is 0. The van der Waals surface area contributed by atoms with Crippen molar-refractivity contribution >= 4 is 28.0 Å². The first-order valence-electron chi connectivity index (χ1n) is 10.8. The number of carbonyl (C=O) groups excluding carboxylic acids is 2. The molecule has 0 aliphatic heterocycles. The maximum Gasteiger partial charge on any atom is 1.00 e. The van der Waals surface area contributed by atoms with Crippen LogP contribution < -0.4 is 56.7 Å². The molecular weight excluding hydrogens is 477 g/mol. The Labute approximate surface area is 241 Å². The third-order valence-electron chi connectivity index (χ3n) is 4.11. The summed E-state index contributed by atoms with van der Waals surface area (Å²) in [5.41, 5.74) is 0.798. The summed E-state index contributed by atoms with van der Waals surface area (Å²) in [7, 11) is -4.21. The first-order chi connectivity index (χ1) is 14.9. The van der Waals surface area contributed by atoms with E-state index in [-0.39, 0.29) is 75.9 Å². The van der Waals surface area contributed by atoms with Crippen LogP contribution in [-0.2, 0) is 29.2 Å². The zero-order chi connectivity index (χ0) is 25.0. The molecule has 0 saturated heterocycles. The minimum absolute atomic E-state index is 0. The number of amides is 1. The number of esters is 1. The van der Waals surface area contributed by atoms with E-state index in [4.69, 9.17) is 5.11 Å². The van der Waals surface area contributed by atoms with E-state index in [9.17, 15) is 27.4 Å². The number of aliphatic carboxylic acids is 1. The maximum atomic E-state index is 11.2. The smallest absolute Gasteiger partial charge is 0.748 e. The Morgan fingerprint density at radius 3 is 1.79 bits per heavy atom. The fraction of sp³-hybridized carbons (Fsp3) is 0.682. The second kappa shape index (κ2) is 23.2. The van der Waals surface area contributed by atoms with Gasteiger partial charge in [0.1, 0.15) is 0 Å². The van der Waals surface area contributed by atoms with E-state index in [2.05, 4.69) is 23.2 Å². The molecule has 0 fully saturated rings. The van der Waals surface area contributed by atoms with Crippen LogP contribution in [0, 0.1) is 0 Å². The van der Waals surface area contributed by atoms with E-state index in [1.807, 2.05) is 0 Å². The van der Waals surface area contributed by atoms with Gasteiger partial charge in [0.25, 0.3) is 0 Å². The molecule has 1 amide bonds. The molecule has 0 heterocycles. The van der Waals surface area contributed by atoms with Gasteiger partial charge in [-0.15, -0.1) is 0 Å². The van der Waals surface area contributed by atoms with Crippen molar-refractivity contribution in [2.45, 2.75) is 78.1 Å². The van der Waals surface area contributed by atoms with Gasteiger partial charge in [-0.05, 0) is 33.1 Å². The number of hydrogen-bond donors (Lipinski definition) is 2. The number of hydrogen-bond acceptors (Lipinski definition) is 7. The Balaban J connectivity index is -0.000000566. The van der Waals surface area contributed by atoms with Gasteiger partial charge in [-0.2, -0.15) is 0 Å². The number of nitrogens with one attached hydrogen (secondary N) is 1. The molecule has 0 aliphatic carbocycles. The maximum absolute atomic E-state index is 11.2. The summed E-state index contributed by atoms with van der Waals surface area (Å²) in [6.07, 6.45) is 8.95. The Morgan fingerprint density at radius 1 is 0.879 bits per heavy atom. The van der Waals surface area contributed by atoms with E-state index in [0.29, 0.717) is 12.0 Å². The van der Waals surface area contributed by atoms with Crippen molar-refractivity contribution in [1.29, 1.82) is 0 Å². The molecule has 0 bridgehead atoms. The van der Waals surface area contributed by atoms with Crippen LogP contribution >= 0.6 is 0 Å². The van der Waals surface area contributed by atoms with E-state index in [1.54, 1.807) is 6.92 Å². The van der Waals surface area contributed by atoms with Gasteiger partial charge in [-0.1, -0.05) is 51.7 Å². The Morgan fingerprint density at radius 2 is 1.36 bits per heavy atom. The Bertz CT molecular complexity index is 707. The minimum atomic E-state index is -4.21. The van der Waals surface area contributed by atoms with Crippen LogP contribution in [-0.4, -0.2) is 54.8 Å². The van der Waals surface area contributed by atoms with Crippen LogP contribution in [0.5, 0.6) is 0 Å². The zero-order valence-corrected chi connectivity index (χ0v) is 24.3. The van der Waals surface area contributed by atoms with E-state index < -0.39 is 27.8 Å². The SMILES string of the molecule is C=C(C)C(=O)NCCCCCCCCCCC(=O)O.C=C(C)C(=O)OCCCS(=O)(=O)[O-].[K+]. The molecule has 0 saturated carbocycles. The molecule has 0 aromatic heterocycles. The molecule has 11 heteroatoms. The predicted octanol–water partition coefficient (Wildman–Crippen LogP) is 0.319. The number of carboxylic acid groups (broad SMARTS) is 1. The van der Waals surface area contributed by atoms with Gasteiger partial charge in [-0.3, -0.25) is 9.59 Å². The monoisotopic (exact) mass is 515 g/mol. The van der Waals surface area contributed by atoms with Crippen LogP contribution in [0.1, 0.15) is 78.1 Å². The summed E-state index contributed by atoms with van der Waals surface area (Å²) in [6, 6.07) is 0. The first-order valence-corrected chi connectivity index (χ1v) is 12.4. The van der Waals surface area contributed by atoms with Crippen molar-refractivity contribution in [1.82, 2.24) is 5.32 Å². The number of ether oxygens (including phenoxy) is 1. The number of carbonyl (C=O) groups is 3. The topological polar surface area (TPSA) is 150 Å². The van der Waals surface area contributed by atoms with Crippen molar-refractivity contribution < 1.29 is 88.6 Å². The minimum Gasteiger partial charge on any atom is -0.748 e. The molecule has 2 N–H and O–H groups in total. The second-order valence-electron chi connectivity index (χ2n) is 7.54. The molecule has 0 radical (unpaired) electrons. The average molecular weight is 516 g/mol. The van der Waals surface area contributed by atoms with Crippen LogP contribution in [0.25, 0.3) is 0 Å². The summed E-state index contributed by atoms with van der Waals surface area (Å²) in [5, 5.41) is 11.3. The van der Waals surface area contributed by atoms with Gasteiger partial charge in [0.2, 0.25) is 5.91 Å². The van der Waals surface area contributed by atoms with Crippen LogP contribution in [0.3, 0.4) is 0 Å². The normalized spacial score (nSPS) is 10.2. The van der Waals surface area contributed by atoms with Gasteiger partial charge in [-0.25, -0.2) is 13.2 Å². The van der Waals surface area contributed by atoms with E-state index in [1.165, 1.54) is 26.2 Å². The summed E-state index contributed by atoms with van der Waals surface area (Å²) in [4.78, 5) is 32.2. The molecule has 9 nitrogen and oxygen atoms in total. The van der Waals surface area contributed by atoms with Gasteiger partial charge < -0.3 is 19.7 Å². The van der Waals surface area contributed by atoms with Crippen molar-refractivity contribution in [2.75, 3.05) is 18.9 Å². The zero-order valence-electron chi connectivity index (χ0n) is 20.3. The molecule has 0 spiro atoms. The van der Waals surface area contributed by atoms with Crippen LogP contribution in [0.2, 0.25) is 0 Å². The quantitative estimate of drug-likeness (QED) is 0.0924. The first kappa shape index (κ1) is 37.0. The van der Waals surface area contributed by atoms with Crippen molar-refractivity contribution in [3.05, 3.63) is 24.3 Å². The van der Waals surface area contributed by atoms with Crippen LogP contribution in [0.15, 0.2) is 24.3 Å². The van der Waals surface area contributed by atoms with Crippen molar-refractivity contribution in [2.24, 2.45) is 0 Å². The molecule has 186 valence electrons. The van der Waals surface area contributed by atoms with Gasteiger partial charge in [0.05, 0.1) is 16.7 Å². The third kappa shape index (κ3) is 31.4. The molecule has 33 heavy (non-hydrogen) atoms. The van der Waals surface area contributed by atoms with Gasteiger partial charge in [0.15, 0.2) is 0 Å². The molecule has 0 aliphatic rings. The van der Waals surface area contributed by atoms with Crippen LogP contribution in [0.4, 0.5) is 0 Å². The van der Waals surface area contributed by atoms with E-state index >= 15 is 0 Å². The second-order valence-corrected chi connectivity index (χ2v) is 9.06. The fourth-order valence-electron chi connectivity index (χ4n) is 2.34. The predicted molar refractivity (Wildman–Crippen MR) is 122 cm³/mol. The largest absolute Gasteiger partial charge is 1.00 e. The summed E-state index contributed by atoms with van der Waals surface area (Å²) in [5.74, 6) is -1.85. The molecule has 0 unspecified atom stereocenters. The van der Waals surface area contributed by atoms with Gasteiger partial charge in [0, 0.05) is 29.9 Å². The average Bonchev–Trinajstić information content (AvgIpc) is 2.68. The molecular formula is C22H38KNO8S. The third-order valence-corrected chi connectivity index (χ3v) is 4.90. The Kier molecular flexibility index (Phi) is 26.0. The molecule has 0 rings (SSSR count). The van der Waals surface area contributed by atoms with Crippen molar-refractivity contribution in [3.8, 4) is 0 Å². The van der Waals surface area contributed by atoms with E-state index in [0.717, 1.165) is 38.6 Å². The number of rotatable bonds is 17. The summed E-state index contributed by atoms with van der Waals surface area (Å²) < 4.78 is 34.8. The van der Waals surface area contributed by atoms with Gasteiger partial charge >= 0.3 is 63.3 Å². The standard InChI is InChI=1S/C15H27NO3.C7H12O5S.K/c1-13(2)15(19)16-12-10-8-6-4-3-5-7-9-11-14(17)18;1-6(2)7(8)12-4-3-5-13(9,10)11;/h1,3-12H2,2H3,(H,16,19)(H,17,18);1,3-5H2,2H3,(H,9,10,11);/q;;+1/p-1. The Hall–Kier alpha value is -0.564.